The van der Waals surface area contributed by atoms with Gasteiger partial charge in [0.05, 0.1) is 10.7 Å². The largest absolute Gasteiger partial charge is 0.481 e. The van der Waals surface area contributed by atoms with Crippen molar-refractivity contribution in [2.24, 2.45) is 0 Å². The number of carbonyl (C=O) groups is 1. The average molecular weight is 438 g/mol. The molecule has 0 radical (unpaired) electrons. The highest BCUT2D eigenvalue weighted by atomic mass is 32.2. The molecular formula is C21H20N5O4S+. The van der Waals surface area contributed by atoms with Crippen molar-refractivity contribution in [1.29, 1.82) is 0 Å². The molecule has 0 unspecified atom stereocenters. The van der Waals surface area contributed by atoms with Gasteiger partial charge in [0.15, 0.2) is 12.9 Å². The maximum absolute atomic E-state index is 12.2. The average Bonchev–Trinajstić information content (AvgIpc) is 3.43. The van der Waals surface area contributed by atoms with Crippen LogP contribution in [0, 0.1) is 4.91 Å². The molecule has 0 aliphatic heterocycles. The minimum absolute atomic E-state index is 0.141. The smallest absolute Gasteiger partial charge is 0.318 e. The molecular weight excluding hydrogens is 418 g/mol. The van der Waals surface area contributed by atoms with E-state index in [4.69, 9.17) is 9.94 Å². The number of aromatic amines is 1. The molecule has 0 bridgehead atoms. The van der Waals surface area contributed by atoms with E-state index in [1.807, 2.05) is 18.3 Å². The molecule has 2 aromatic heterocycles. The maximum Gasteiger partial charge on any atom is 0.318 e. The standard InChI is InChI=1S/C21H19N5O4S/c1-3-25-7-6-14-8-13(4-5-18(14)25)15-9-16(11-17(10-15)26(29)30-2)20-22-21(24-23-20)31-12-19(27)28/h4-11H,3,12H2,1-2H3,(H-,22,23,24,27,28)/p+1. The number of nitrogens with zero attached hydrogens (tertiary/aromatic N) is 4. The van der Waals surface area contributed by atoms with Crippen LogP contribution in [0.15, 0.2) is 53.8 Å². The number of H-pyrrole nitrogens is 1. The first-order valence-corrected chi connectivity index (χ1v) is 10.5. The molecule has 4 aromatic rings. The van der Waals surface area contributed by atoms with E-state index in [9.17, 15) is 9.70 Å². The summed E-state index contributed by atoms with van der Waals surface area (Å²) < 4.78 is 2.16. The molecule has 2 aromatic carbocycles. The third-order valence-corrected chi connectivity index (χ3v) is 5.63. The normalized spacial score (nSPS) is 11.0. The van der Waals surface area contributed by atoms with Crippen molar-refractivity contribution in [3.8, 4) is 22.5 Å². The van der Waals surface area contributed by atoms with E-state index in [2.05, 4.69) is 44.9 Å². The first-order chi connectivity index (χ1) is 15.0. The van der Waals surface area contributed by atoms with Crippen LogP contribution in [0.25, 0.3) is 33.4 Å². The Balaban J connectivity index is 1.76. The third-order valence-electron chi connectivity index (χ3n) is 4.80. The summed E-state index contributed by atoms with van der Waals surface area (Å²) in [6.07, 6.45) is 2.05. The number of hydrogen-bond acceptors (Lipinski definition) is 6. The second-order valence-electron chi connectivity index (χ2n) is 6.73. The zero-order chi connectivity index (χ0) is 22.0. The van der Waals surface area contributed by atoms with Gasteiger partial charge in [-0.25, -0.2) is 9.82 Å². The summed E-state index contributed by atoms with van der Waals surface area (Å²) in [7, 11) is 1.30. The molecule has 0 aliphatic rings. The Bertz CT molecular complexity index is 1280. The summed E-state index contributed by atoms with van der Waals surface area (Å²) >= 11 is 1.01. The lowest BCUT2D eigenvalue weighted by molar-refractivity contribution is -0.736. The van der Waals surface area contributed by atoms with Crippen LogP contribution in [-0.4, -0.2) is 48.6 Å². The fourth-order valence-corrected chi connectivity index (χ4v) is 3.87. The predicted octanol–water partition coefficient (Wildman–Crippen LogP) is 4.26. The molecule has 4 rings (SSSR count). The summed E-state index contributed by atoms with van der Waals surface area (Å²) in [5.74, 6) is -0.661. The van der Waals surface area contributed by atoms with Crippen LogP contribution in [0.3, 0.4) is 0 Å². The highest BCUT2D eigenvalue weighted by Gasteiger charge is 2.20. The van der Waals surface area contributed by atoms with Crippen LogP contribution < -0.4 is 0 Å². The number of hydrogen-bond donors (Lipinski definition) is 2. The van der Waals surface area contributed by atoms with E-state index in [-0.39, 0.29) is 5.75 Å². The van der Waals surface area contributed by atoms with Crippen LogP contribution in [-0.2, 0) is 16.2 Å². The summed E-state index contributed by atoms with van der Waals surface area (Å²) in [5.41, 5.74) is 3.82. The molecule has 0 atom stereocenters. The van der Waals surface area contributed by atoms with Crippen molar-refractivity contribution in [3.63, 3.8) is 0 Å². The lowest BCUT2D eigenvalue weighted by Gasteiger charge is -2.06. The molecule has 0 saturated carbocycles. The Morgan fingerprint density at radius 3 is 2.74 bits per heavy atom. The number of aliphatic carboxylic acids is 1. The van der Waals surface area contributed by atoms with Gasteiger partial charge >= 0.3 is 11.7 Å². The van der Waals surface area contributed by atoms with Crippen molar-refractivity contribution in [1.82, 2.24) is 19.7 Å². The molecule has 158 valence electrons. The number of nitrogens with one attached hydrogen (secondary N) is 1. The topological polar surface area (TPSA) is 113 Å². The van der Waals surface area contributed by atoms with Crippen molar-refractivity contribution >= 4 is 34.3 Å². The van der Waals surface area contributed by atoms with E-state index in [0.717, 1.165) is 40.3 Å². The predicted molar refractivity (Wildman–Crippen MR) is 117 cm³/mol. The molecule has 10 heteroatoms. The summed E-state index contributed by atoms with van der Waals surface area (Å²) in [6, 6.07) is 13.5. The van der Waals surface area contributed by atoms with Gasteiger partial charge < -0.3 is 9.67 Å². The number of carboxylic acids is 1. The fraction of sp³-hybridized carbons (Fsp3) is 0.190. The Hall–Kier alpha value is -3.66. The highest BCUT2D eigenvalue weighted by Crippen LogP contribution is 2.32. The van der Waals surface area contributed by atoms with Crippen molar-refractivity contribution in [3.05, 3.63) is 53.6 Å². The molecule has 2 heterocycles. The number of thioether (sulfide) groups is 1. The van der Waals surface area contributed by atoms with Gasteiger partial charge in [0.1, 0.15) is 0 Å². The van der Waals surface area contributed by atoms with Crippen molar-refractivity contribution < 1.29 is 19.7 Å². The molecule has 31 heavy (non-hydrogen) atoms. The van der Waals surface area contributed by atoms with Gasteiger partial charge in [-0.3, -0.25) is 9.89 Å². The van der Waals surface area contributed by atoms with E-state index in [0.29, 0.717) is 27.2 Å². The van der Waals surface area contributed by atoms with Crippen LogP contribution in [0.1, 0.15) is 6.92 Å². The van der Waals surface area contributed by atoms with Crippen LogP contribution in [0.2, 0.25) is 0 Å². The van der Waals surface area contributed by atoms with Gasteiger partial charge in [-0.2, -0.15) is 0 Å². The Morgan fingerprint density at radius 1 is 1.19 bits per heavy atom. The summed E-state index contributed by atoms with van der Waals surface area (Å²) in [6.45, 7) is 2.98. The number of benzene rings is 2. The van der Waals surface area contributed by atoms with Crippen LogP contribution >= 0.6 is 11.8 Å². The molecule has 0 amide bonds. The molecule has 9 nitrogen and oxygen atoms in total. The Kier molecular flexibility index (Phi) is 5.72. The Labute approximate surface area is 181 Å². The van der Waals surface area contributed by atoms with E-state index < -0.39 is 5.97 Å². The van der Waals surface area contributed by atoms with Gasteiger partial charge in [0.2, 0.25) is 5.16 Å². The highest BCUT2D eigenvalue weighted by molar-refractivity contribution is 7.99. The fourth-order valence-electron chi connectivity index (χ4n) is 3.35. The lowest BCUT2D eigenvalue weighted by Crippen LogP contribution is -1.99. The number of aryl methyl sites for hydroxylation is 1. The molecule has 0 spiro atoms. The third kappa shape index (κ3) is 4.29. The zero-order valence-corrected chi connectivity index (χ0v) is 17.7. The molecule has 0 saturated heterocycles. The van der Waals surface area contributed by atoms with E-state index in [1.54, 1.807) is 12.1 Å². The molecule has 0 fully saturated rings. The van der Waals surface area contributed by atoms with Crippen LogP contribution in [0.5, 0.6) is 0 Å². The van der Waals surface area contributed by atoms with Gasteiger partial charge in [-0.1, -0.05) is 17.8 Å². The maximum atomic E-state index is 12.2. The van der Waals surface area contributed by atoms with Gasteiger partial charge in [0.25, 0.3) is 4.92 Å². The summed E-state index contributed by atoms with van der Waals surface area (Å²) in [5, 5.41) is 17.1. The Morgan fingerprint density at radius 2 is 2.00 bits per heavy atom. The van der Waals surface area contributed by atoms with E-state index in [1.165, 1.54) is 7.11 Å². The number of aromatic nitrogens is 4. The second-order valence-corrected chi connectivity index (χ2v) is 7.68. The first kappa shape index (κ1) is 20.6. The molecule has 0 aliphatic carbocycles. The van der Waals surface area contributed by atoms with Crippen molar-refractivity contribution in [2.75, 3.05) is 12.9 Å². The van der Waals surface area contributed by atoms with Gasteiger partial charge in [0, 0.05) is 41.3 Å². The number of fused-ring (bicyclic) bond motifs is 1. The summed E-state index contributed by atoms with van der Waals surface area (Å²) in [4.78, 5) is 32.6. The lowest BCUT2D eigenvalue weighted by atomic mass is 10.0. The minimum Gasteiger partial charge on any atom is -0.481 e. The molecule has 2 N–H and O–H groups in total. The van der Waals surface area contributed by atoms with Crippen LogP contribution in [0.4, 0.5) is 5.69 Å². The second kappa shape index (κ2) is 8.60. The van der Waals surface area contributed by atoms with Gasteiger partial charge in [-0.05, 0) is 42.3 Å². The monoisotopic (exact) mass is 438 g/mol. The SMILES string of the molecule is CCn1ccc2cc(-c3cc(-c4nc(SCC(=O)O)n[nH]4)cc([N+](=O)OC)c3)ccc21. The quantitative estimate of drug-likeness (QED) is 0.312. The van der Waals surface area contributed by atoms with Gasteiger partial charge in [-0.15, -0.1) is 5.10 Å². The first-order valence-electron chi connectivity index (χ1n) is 9.51. The van der Waals surface area contributed by atoms with Crippen molar-refractivity contribution in [2.45, 2.75) is 18.6 Å². The minimum atomic E-state index is -0.949. The number of carboxylic acid groups (broad SMARTS) is 1. The van der Waals surface area contributed by atoms with E-state index >= 15 is 0 Å². The number of rotatable bonds is 8. The zero-order valence-electron chi connectivity index (χ0n) is 16.9.